The summed E-state index contributed by atoms with van der Waals surface area (Å²) in [6.07, 6.45) is 3.65. The minimum atomic E-state index is -0.210. The monoisotopic (exact) mass is 367 g/mol. The maximum Gasteiger partial charge on any atom is 0.262 e. The van der Waals surface area contributed by atoms with Crippen LogP contribution >= 0.6 is 0 Å². The third-order valence-corrected chi connectivity index (χ3v) is 4.84. The van der Waals surface area contributed by atoms with E-state index in [0.717, 1.165) is 18.4 Å². The SMILES string of the molecule is N=C(NN)c1ccccc1Cc1nc2c(cnn2C2CCOCC2)c(=O)[nH]1. The van der Waals surface area contributed by atoms with Gasteiger partial charge < -0.3 is 15.1 Å². The van der Waals surface area contributed by atoms with Crippen LogP contribution in [0.3, 0.4) is 0 Å². The molecule has 5 N–H and O–H groups in total. The van der Waals surface area contributed by atoms with Gasteiger partial charge >= 0.3 is 0 Å². The molecule has 0 unspecified atom stereocenters. The Balaban J connectivity index is 1.73. The first-order chi connectivity index (χ1) is 13.2. The lowest BCUT2D eigenvalue weighted by atomic mass is 10.0. The molecule has 0 saturated carbocycles. The van der Waals surface area contributed by atoms with Crippen LogP contribution in [-0.2, 0) is 11.2 Å². The van der Waals surface area contributed by atoms with Crippen LogP contribution in [-0.4, -0.2) is 38.8 Å². The Labute approximate surface area is 155 Å². The number of hydrogen-bond donors (Lipinski definition) is 4. The number of aromatic nitrogens is 4. The number of nitrogens with two attached hydrogens (primary N) is 1. The Bertz CT molecular complexity index is 1030. The maximum absolute atomic E-state index is 12.5. The van der Waals surface area contributed by atoms with Crippen LogP contribution in [0.5, 0.6) is 0 Å². The number of nitrogens with zero attached hydrogens (tertiary/aromatic N) is 3. The molecule has 1 aliphatic heterocycles. The van der Waals surface area contributed by atoms with Crippen LogP contribution in [0.2, 0.25) is 0 Å². The van der Waals surface area contributed by atoms with Gasteiger partial charge in [0.1, 0.15) is 17.0 Å². The van der Waals surface area contributed by atoms with Gasteiger partial charge in [-0.1, -0.05) is 24.3 Å². The standard InChI is InChI=1S/C18H21N7O2/c19-16(24-20)13-4-2-1-3-11(13)9-15-22-17-14(18(26)23-15)10-21-25(17)12-5-7-27-8-6-12/h1-4,10,12H,5-9,20H2,(H2,19,24)(H,22,23,26). The molecule has 2 aromatic heterocycles. The van der Waals surface area contributed by atoms with E-state index in [4.69, 9.17) is 16.0 Å². The van der Waals surface area contributed by atoms with Gasteiger partial charge in [-0.2, -0.15) is 5.10 Å². The average molecular weight is 367 g/mol. The quantitative estimate of drug-likeness (QED) is 0.234. The molecule has 0 amide bonds. The van der Waals surface area contributed by atoms with Crippen molar-refractivity contribution in [2.45, 2.75) is 25.3 Å². The highest BCUT2D eigenvalue weighted by Crippen LogP contribution is 2.23. The smallest absolute Gasteiger partial charge is 0.262 e. The molecule has 1 fully saturated rings. The highest BCUT2D eigenvalue weighted by Gasteiger charge is 2.21. The Morgan fingerprint density at radius 2 is 2.15 bits per heavy atom. The van der Waals surface area contributed by atoms with Gasteiger partial charge in [-0.15, -0.1) is 0 Å². The predicted molar refractivity (Wildman–Crippen MR) is 101 cm³/mol. The molecule has 0 atom stereocenters. The molecule has 9 heteroatoms. The van der Waals surface area contributed by atoms with Gasteiger partial charge in [0, 0.05) is 25.2 Å². The molecule has 27 heavy (non-hydrogen) atoms. The lowest BCUT2D eigenvalue weighted by molar-refractivity contribution is 0.0673. The molecule has 1 saturated heterocycles. The van der Waals surface area contributed by atoms with Gasteiger partial charge in [0.2, 0.25) is 0 Å². The van der Waals surface area contributed by atoms with Crippen LogP contribution < -0.4 is 16.8 Å². The van der Waals surface area contributed by atoms with Gasteiger partial charge in [-0.3, -0.25) is 10.2 Å². The number of nitrogens with one attached hydrogen (secondary N) is 3. The van der Waals surface area contributed by atoms with Crippen molar-refractivity contribution in [1.82, 2.24) is 25.2 Å². The number of ether oxygens (including phenoxy) is 1. The second-order valence-corrected chi connectivity index (χ2v) is 6.54. The van der Waals surface area contributed by atoms with E-state index in [1.165, 1.54) is 0 Å². The van der Waals surface area contributed by atoms with Crippen LogP contribution in [0, 0.1) is 5.41 Å². The number of H-pyrrole nitrogens is 1. The van der Waals surface area contributed by atoms with Crippen molar-refractivity contribution in [2.24, 2.45) is 5.84 Å². The van der Waals surface area contributed by atoms with Crippen molar-refractivity contribution in [2.75, 3.05) is 13.2 Å². The second-order valence-electron chi connectivity index (χ2n) is 6.54. The van der Waals surface area contributed by atoms with Gasteiger partial charge in [0.15, 0.2) is 5.65 Å². The molecular weight excluding hydrogens is 346 g/mol. The maximum atomic E-state index is 12.5. The third kappa shape index (κ3) is 3.34. The molecule has 0 radical (unpaired) electrons. The third-order valence-electron chi connectivity index (χ3n) is 4.84. The van der Waals surface area contributed by atoms with E-state index in [1.54, 1.807) is 12.3 Å². The second kappa shape index (κ2) is 7.29. The fraction of sp³-hybridized carbons (Fsp3) is 0.333. The summed E-state index contributed by atoms with van der Waals surface area (Å²) in [5.41, 5.74) is 4.25. The predicted octanol–water partition coefficient (Wildman–Crippen LogP) is 0.851. The van der Waals surface area contributed by atoms with E-state index in [1.807, 2.05) is 22.9 Å². The summed E-state index contributed by atoms with van der Waals surface area (Å²) in [6, 6.07) is 7.59. The number of amidine groups is 1. The van der Waals surface area contributed by atoms with Crippen molar-refractivity contribution in [3.63, 3.8) is 0 Å². The number of hydrazine groups is 1. The van der Waals surface area contributed by atoms with Crippen LogP contribution in [0.4, 0.5) is 0 Å². The highest BCUT2D eigenvalue weighted by atomic mass is 16.5. The van der Waals surface area contributed by atoms with E-state index in [-0.39, 0.29) is 17.4 Å². The Morgan fingerprint density at radius 3 is 2.93 bits per heavy atom. The van der Waals surface area contributed by atoms with Gasteiger partial charge in [-0.05, 0) is 18.4 Å². The molecule has 1 aromatic carbocycles. The topological polar surface area (TPSA) is 135 Å². The van der Waals surface area contributed by atoms with E-state index < -0.39 is 0 Å². The first-order valence-corrected chi connectivity index (χ1v) is 8.85. The molecule has 3 heterocycles. The summed E-state index contributed by atoms with van der Waals surface area (Å²) in [5.74, 6) is 6.02. The van der Waals surface area contributed by atoms with Crippen molar-refractivity contribution in [3.05, 3.63) is 57.8 Å². The molecule has 3 aromatic rings. The van der Waals surface area contributed by atoms with Crippen molar-refractivity contribution < 1.29 is 4.74 Å². The Hall–Kier alpha value is -3.04. The summed E-state index contributed by atoms with van der Waals surface area (Å²) >= 11 is 0. The molecule has 140 valence electrons. The van der Waals surface area contributed by atoms with Crippen LogP contribution in [0.1, 0.15) is 35.8 Å². The average Bonchev–Trinajstić information content (AvgIpc) is 3.13. The zero-order chi connectivity index (χ0) is 18.8. The minimum Gasteiger partial charge on any atom is -0.381 e. The lowest BCUT2D eigenvalue weighted by Gasteiger charge is -2.22. The molecular formula is C18H21N7O2. The van der Waals surface area contributed by atoms with E-state index in [2.05, 4.69) is 20.5 Å². The first-order valence-electron chi connectivity index (χ1n) is 8.85. The van der Waals surface area contributed by atoms with Gasteiger partial charge in [0.25, 0.3) is 5.56 Å². The number of aromatic amines is 1. The van der Waals surface area contributed by atoms with Crippen molar-refractivity contribution in [3.8, 4) is 0 Å². The minimum absolute atomic E-state index is 0.112. The van der Waals surface area contributed by atoms with Gasteiger partial charge in [0.05, 0.1) is 12.2 Å². The van der Waals surface area contributed by atoms with Crippen LogP contribution in [0.15, 0.2) is 35.3 Å². The fourth-order valence-corrected chi connectivity index (χ4v) is 3.44. The lowest BCUT2D eigenvalue weighted by Crippen LogP contribution is -2.31. The number of benzene rings is 1. The summed E-state index contributed by atoms with van der Waals surface area (Å²) in [5, 5.41) is 12.8. The summed E-state index contributed by atoms with van der Waals surface area (Å²) in [4.78, 5) is 20.0. The number of fused-ring (bicyclic) bond motifs is 1. The molecule has 0 spiro atoms. The van der Waals surface area contributed by atoms with E-state index in [0.29, 0.717) is 42.1 Å². The number of rotatable bonds is 4. The Kier molecular flexibility index (Phi) is 4.69. The zero-order valence-electron chi connectivity index (χ0n) is 14.7. The Morgan fingerprint density at radius 1 is 1.37 bits per heavy atom. The van der Waals surface area contributed by atoms with Crippen LogP contribution in [0.25, 0.3) is 11.0 Å². The van der Waals surface area contributed by atoms with E-state index >= 15 is 0 Å². The van der Waals surface area contributed by atoms with Crippen molar-refractivity contribution >= 4 is 16.9 Å². The first kappa shape index (κ1) is 17.4. The van der Waals surface area contributed by atoms with Gasteiger partial charge in [-0.25, -0.2) is 15.5 Å². The number of hydrogen-bond acceptors (Lipinski definition) is 6. The summed E-state index contributed by atoms with van der Waals surface area (Å²) in [6.45, 7) is 1.37. The molecule has 4 rings (SSSR count). The molecule has 9 nitrogen and oxygen atoms in total. The summed E-state index contributed by atoms with van der Waals surface area (Å²) in [7, 11) is 0. The highest BCUT2D eigenvalue weighted by molar-refractivity contribution is 5.97. The summed E-state index contributed by atoms with van der Waals surface area (Å²) < 4.78 is 7.26. The molecule has 1 aliphatic rings. The van der Waals surface area contributed by atoms with E-state index in [9.17, 15) is 4.79 Å². The zero-order valence-corrected chi connectivity index (χ0v) is 14.7. The largest absolute Gasteiger partial charge is 0.381 e. The molecule has 0 aliphatic carbocycles. The molecule has 0 bridgehead atoms. The normalized spacial score (nSPS) is 15.1. The fourth-order valence-electron chi connectivity index (χ4n) is 3.44. The van der Waals surface area contributed by atoms with Crippen molar-refractivity contribution in [1.29, 1.82) is 5.41 Å².